The standard InChI is InChI=1S/C35H31ClN4O7S/c1-15-20-11-16(36)5-10-26(20)48-30(15)24-14-27(38(3)37-24)39-32(43)23-13-21-18(7-8-19-28(21)33(44)40(46)31(19)42)29(35(23,2)34(39)45)22-12-17(47-4)6-9-25(22)41/h5-7,9-12,14,19,21,23,28-29,41,46H,8,13H2,1-4H3. The van der Waals surface area contributed by atoms with Crippen LogP contribution in [-0.4, -0.2) is 55.9 Å². The molecule has 11 nitrogen and oxygen atoms in total. The smallest absolute Gasteiger partial charge is 0.257 e. The van der Waals surface area contributed by atoms with Gasteiger partial charge in [0.25, 0.3) is 11.8 Å². The van der Waals surface area contributed by atoms with Crippen molar-refractivity contribution in [1.82, 2.24) is 14.8 Å². The van der Waals surface area contributed by atoms with Gasteiger partial charge in [-0.1, -0.05) is 23.3 Å². The lowest BCUT2D eigenvalue weighted by atomic mass is 9.51. The Morgan fingerprint density at radius 2 is 1.81 bits per heavy atom. The number of hydrogen-bond acceptors (Lipinski definition) is 9. The Bertz CT molecular complexity index is 2150. The molecule has 2 aromatic heterocycles. The van der Waals surface area contributed by atoms with Crippen molar-refractivity contribution < 1.29 is 34.2 Å². The number of rotatable bonds is 4. The second-order valence-corrected chi connectivity index (χ2v) is 14.8. The Morgan fingerprint density at radius 1 is 1.04 bits per heavy atom. The quantitative estimate of drug-likeness (QED) is 0.161. The number of ether oxygens (including phenoxy) is 1. The van der Waals surface area contributed by atoms with E-state index in [4.69, 9.17) is 21.4 Å². The minimum Gasteiger partial charge on any atom is -0.508 e. The maximum absolute atomic E-state index is 14.9. The van der Waals surface area contributed by atoms with Crippen molar-refractivity contribution in [3.63, 3.8) is 0 Å². The number of allylic oxidation sites excluding steroid dienone is 2. The molecular weight excluding hydrogens is 656 g/mol. The average molecular weight is 687 g/mol. The van der Waals surface area contributed by atoms with Crippen LogP contribution in [0.15, 0.2) is 54.1 Å². The fourth-order valence-corrected chi connectivity index (χ4v) is 9.98. The van der Waals surface area contributed by atoms with Crippen molar-refractivity contribution in [2.24, 2.45) is 36.1 Å². The van der Waals surface area contributed by atoms with Crippen LogP contribution >= 0.6 is 22.9 Å². The van der Waals surface area contributed by atoms with Crippen LogP contribution in [-0.2, 0) is 26.2 Å². The summed E-state index contributed by atoms with van der Waals surface area (Å²) in [5.74, 6) is -5.72. The summed E-state index contributed by atoms with van der Waals surface area (Å²) in [5, 5.41) is 28.1. The fourth-order valence-electron chi connectivity index (χ4n) is 8.67. The summed E-state index contributed by atoms with van der Waals surface area (Å²) in [5.41, 5.74) is 1.26. The van der Waals surface area contributed by atoms with Gasteiger partial charge < -0.3 is 9.84 Å². The average Bonchev–Trinajstić information content (AvgIpc) is 3.72. The van der Waals surface area contributed by atoms with Crippen molar-refractivity contribution in [3.05, 3.63) is 70.3 Å². The van der Waals surface area contributed by atoms with Crippen LogP contribution < -0.4 is 9.64 Å². The molecule has 246 valence electrons. The normalized spacial score (nSPS) is 28.2. The molecule has 1 saturated carbocycles. The number of aryl methyl sites for hydroxylation is 2. The minimum absolute atomic E-state index is 0.0936. The number of phenols is 1. The summed E-state index contributed by atoms with van der Waals surface area (Å²) in [6, 6.07) is 12.1. The maximum Gasteiger partial charge on any atom is 0.257 e. The molecule has 3 fully saturated rings. The molecule has 4 heterocycles. The first-order valence-electron chi connectivity index (χ1n) is 15.6. The molecule has 0 spiro atoms. The summed E-state index contributed by atoms with van der Waals surface area (Å²) in [7, 11) is 3.17. The van der Waals surface area contributed by atoms with Gasteiger partial charge in [-0.2, -0.15) is 10.2 Å². The maximum atomic E-state index is 14.9. The number of hydrogen-bond donors (Lipinski definition) is 2. The van der Waals surface area contributed by atoms with Crippen LogP contribution in [0.25, 0.3) is 20.7 Å². The number of thiophene rings is 1. The Balaban J connectivity index is 1.27. The second-order valence-electron chi connectivity index (χ2n) is 13.3. The van der Waals surface area contributed by atoms with E-state index in [0.717, 1.165) is 20.5 Å². The number of fused-ring (bicyclic) bond motifs is 5. The van der Waals surface area contributed by atoms with E-state index in [0.29, 0.717) is 33.4 Å². The predicted molar refractivity (Wildman–Crippen MR) is 177 cm³/mol. The number of amides is 4. The number of hydroxylamine groups is 2. The number of imide groups is 2. The lowest BCUT2D eigenvalue weighted by molar-refractivity contribution is -0.173. The number of phenolic OH excluding ortho intramolecular Hbond substituents is 1. The zero-order valence-electron chi connectivity index (χ0n) is 26.4. The Hall–Kier alpha value is -4.52. The van der Waals surface area contributed by atoms with Gasteiger partial charge in [-0.15, -0.1) is 11.3 Å². The second kappa shape index (κ2) is 10.5. The van der Waals surface area contributed by atoms with Crippen LogP contribution in [0.3, 0.4) is 0 Å². The summed E-state index contributed by atoms with van der Waals surface area (Å²) < 4.78 is 8.03. The molecule has 8 rings (SSSR count). The molecule has 2 N–H and O–H groups in total. The molecule has 2 aliphatic carbocycles. The zero-order valence-corrected chi connectivity index (χ0v) is 28.0. The van der Waals surface area contributed by atoms with Gasteiger partial charge in [0.1, 0.15) is 23.0 Å². The van der Waals surface area contributed by atoms with Crippen LogP contribution in [0.1, 0.15) is 36.8 Å². The van der Waals surface area contributed by atoms with E-state index >= 15 is 0 Å². The molecule has 0 radical (unpaired) electrons. The van der Waals surface area contributed by atoms with E-state index in [1.165, 1.54) is 22.8 Å². The van der Waals surface area contributed by atoms with Crippen molar-refractivity contribution in [2.45, 2.75) is 32.6 Å². The molecule has 4 aromatic rings. The van der Waals surface area contributed by atoms with Crippen molar-refractivity contribution in [2.75, 3.05) is 12.0 Å². The van der Waals surface area contributed by atoms with E-state index in [-0.39, 0.29) is 23.7 Å². The van der Waals surface area contributed by atoms with E-state index in [9.17, 15) is 29.5 Å². The highest BCUT2D eigenvalue weighted by Crippen LogP contribution is 2.64. The Labute approximate surface area is 283 Å². The first-order chi connectivity index (χ1) is 22.9. The highest BCUT2D eigenvalue weighted by atomic mass is 35.5. The van der Waals surface area contributed by atoms with E-state index < -0.39 is 58.6 Å². The van der Waals surface area contributed by atoms with Crippen molar-refractivity contribution in [3.8, 4) is 22.1 Å². The SMILES string of the molecule is COc1ccc(O)c(C2C3=CCC4C(=O)N(O)C(=O)C4C3CC3C(=O)N(c4cc(-c5sc6ccc(Cl)cc6c5C)nn4C)C(=O)C32C)c1. The van der Waals surface area contributed by atoms with E-state index in [1.807, 2.05) is 31.2 Å². The molecule has 6 unspecified atom stereocenters. The van der Waals surface area contributed by atoms with Crippen LogP contribution in [0, 0.1) is 36.0 Å². The van der Waals surface area contributed by atoms with Gasteiger partial charge in [0, 0.05) is 34.3 Å². The Morgan fingerprint density at radius 3 is 2.56 bits per heavy atom. The summed E-state index contributed by atoms with van der Waals surface area (Å²) >= 11 is 7.82. The van der Waals surface area contributed by atoms with Gasteiger partial charge in [0.15, 0.2) is 0 Å². The number of carbonyl (C=O) groups is 4. The summed E-state index contributed by atoms with van der Waals surface area (Å²) in [6.45, 7) is 3.72. The van der Waals surface area contributed by atoms with Gasteiger partial charge in [0.2, 0.25) is 11.8 Å². The number of nitrogens with zero attached hydrogens (tertiary/aromatic N) is 4. The third-order valence-corrected chi connectivity index (χ3v) is 12.5. The molecule has 48 heavy (non-hydrogen) atoms. The van der Waals surface area contributed by atoms with Crippen molar-refractivity contribution >= 4 is 62.5 Å². The largest absolute Gasteiger partial charge is 0.508 e. The number of methoxy groups -OCH3 is 1. The number of benzene rings is 2. The number of aromatic nitrogens is 2. The third-order valence-electron chi connectivity index (χ3n) is 11.0. The topological polar surface area (TPSA) is 142 Å². The monoisotopic (exact) mass is 686 g/mol. The van der Waals surface area contributed by atoms with Crippen LogP contribution in [0.4, 0.5) is 5.82 Å². The number of aromatic hydroxyl groups is 1. The predicted octanol–water partition coefficient (Wildman–Crippen LogP) is 5.60. The number of carbonyl (C=O) groups excluding carboxylic acids is 4. The Kier molecular flexibility index (Phi) is 6.73. The van der Waals surface area contributed by atoms with Crippen LogP contribution in [0.5, 0.6) is 11.5 Å². The molecule has 4 amide bonds. The molecule has 6 atom stereocenters. The molecule has 2 aliphatic heterocycles. The summed E-state index contributed by atoms with van der Waals surface area (Å²) in [4.78, 5) is 57.7. The van der Waals surface area contributed by atoms with Gasteiger partial charge >= 0.3 is 0 Å². The lowest BCUT2D eigenvalue weighted by Crippen LogP contribution is -2.48. The summed E-state index contributed by atoms with van der Waals surface area (Å²) in [6.07, 6.45) is 2.14. The van der Waals surface area contributed by atoms with Gasteiger partial charge in [-0.3, -0.25) is 29.1 Å². The van der Waals surface area contributed by atoms with Crippen LogP contribution in [0.2, 0.25) is 5.02 Å². The van der Waals surface area contributed by atoms with Gasteiger partial charge in [-0.05, 0) is 80.0 Å². The van der Waals surface area contributed by atoms with E-state index in [2.05, 4.69) is 0 Å². The minimum atomic E-state index is -1.38. The lowest BCUT2D eigenvalue weighted by Gasteiger charge is -2.49. The first-order valence-corrected chi connectivity index (χ1v) is 16.8. The first kappa shape index (κ1) is 30.8. The molecule has 13 heteroatoms. The van der Waals surface area contributed by atoms with E-state index in [1.54, 1.807) is 43.5 Å². The van der Waals surface area contributed by atoms with Crippen molar-refractivity contribution in [1.29, 1.82) is 0 Å². The fraction of sp³-hybridized carbons (Fsp3) is 0.343. The molecule has 4 aliphatic rings. The van der Waals surface area contributed by atoms with Gasteiger partial charge in [0.05, 0.1) is 35.2 Å². The molecular formula is C35H31ClN4O7S. The number of anilines is 1. The highest BCUT2D eigenvalue weighted by molar-refractivity contribution is 7.22. The zero-order chi connectivity index (χ0) is 34.0. The molecule has 2 saturated heterocycles. The third kappa shape index (κ3) is 3.99. The molecule has 2 aromatic carbocycles. The highest BCUT2D eigenvalue weighted by Gasteiger charge is 2.68. The molecule has 0 bridgehead atoms. The number of halogens is 1. The van der Waals surface area contributed by atoms with Gasteiger partial charge in [-0.25, -0.2) is 4.90 Å².